The second kappa shape index (κ2) is 6.46. The Hall–Kier alpha value is -0.120. The quantitative estimate of drug-likeness (QED) is 0.627. The van der Waals surface area contributed by atoms with E-state index in [1.54, 1.807) is 14.2 Å². The monoisotopic (exact) mass is 218 g/mol. The van der Waals surface area contributed by atoms with Gasteiger partial charge in [0.25, 0.3) is 0 Å². The van der Waals surface area contributed by atoms with Crippen LogP contribution in [0.3, 0.4) is 0 Å². The Labute approximate surface area is 94.1 Å². The molecular formula is C12H26O3. The predicted octanol–water partition coefficient (Wildman–Crippen LogP) is 2.63. The predicted molar refractivity (Wildman–Crippen MR) is 62.2 cm³/mol. The fraction of sp³-hybridized carbons (Fsp3) is 1.00. The summed E-state index contributed by atoms with van der Waals surface area (Å²) in [6.07, 6.45) is 1.82. The molecule has 92 valence electrons. The van der Waals surface area contributed by atoms with Crippen molar-refractivity contribution in [1.82, 2.24) is 0 Å². The summed E-state index contributed by atoms with van der Waals surface area (Å²) < 4.78 is 16.2. The molecule has 0 aromatic carbocycles. The summed E-state index contributed by atoms with van der Waals surface area (Å²) in [5.41, 5.74) is -0.211. The van der Waals surface area contributed by atoms with E-state index < -0.39 is 0 Å². The fourth-order valence-electron chi connectivity index (χ4n) is 1.10. The standard InChI is InChI=1S/C12H26O3/c1-11(2,14-6)8-10-15-12(3,4)7-9-13-5/h7-10H2,1-6H3. The first-order valence-corrected chi connectivity index (χ1v) is 5.51. The number of hydrogen-bond donors (Lipinski definition) is 0. The minimum absolute atomic E-state index is 0.0999. The maximum atomic E-state index is 5.81. The third kappa shape index (κ3) is 7.77. The van der Waals surface area contributed by atoms with E-state index in [9.17, 15) is 0 Å². The van der Waals surface area contributed by atoms with E-state index in [0.717, 1.165) is 26.1 Å². The molecule has 0 aliphatic heterocycles. The Morgan fingerprint density at radius 2 is 1.33 bits per heavy atom. The third-order valence-corrected chi connectivity index (χ3v) is 2.66. The molecule has 0 N–H and O–H groups in total. The van der Waals surface area contributed by atoms with Gasteiger partial charge >= 0.3 is 0 Å². The lowest BCUT2D eigenvalue weighted by Crippen LogP contribution is -2.30. The van der Waals surface area contributed by atoms with Crippen LogP contribution in [0.15, 0.2) is 0 Å². The SMILES string of the molecule is COCCC(C)(C)OCCC(C)(C)OC. The molecule has 0 heterocycles. The number of hydrogen-bond acceptors (Lipinski definition) is 3. The van der Waals surface area contributed by atoms with E-state index >= 15 is 0 Å². The van der Waals surface area contributed by atoms with Crippen molar-refractivity contribution in [3.63, 3.8) is 0 Å². The van der Waals surface area contributed by atoms with Crippen LogP contribution in [0.2, 0.25) is 0 Å². The Balaban J connectivity index is 3.74. The second-order valence-corrected chi connectivity index (χ2v) is 5.06. The van der Waals surface area contributed by atoms with E-state index in [1.807, 2.05) is 0 Å². The summed E-state index contributed by atoms with van der Waals surface area (Å²) in [6, 6.07) is 0. The molecule has 0 rings (SSSR count). The Morgan fingerprint density at radius 1 is 0.800 bits per heavy atom. The Bertz CT molecular complexity index is 164. The Morgan fingerprint density at radius 3 is 1.80 bits per heavy atom. The normalized spacial score (nSPS) is 13.2. The molecular weight excluding hydrogens is 192 g/mol. The van der Waals surface area contributed by atoms with Gasteiger partial charge in [0, 0.05) is 20.8 Å². The number of rotatable bonds is 8. The third-order valence-electron chi connectivity index (χ3n) is 2.66. The van der Waals surface area contributed by atoms with Crippen LogP contribution in [0.4, 0.5) is 0 Å². The first-order chi connectivity index (χ1) is 6.83. The molecule has 0 aromatic rings. The molecule has 3 heteroatoms. The molecule has 0 bridgehead atoms. The lowest BCUT2D eigenvalue weighted by Gasteiger charge is -2.28. The largest absolute Gasteiger partial charge is 0.385 e. The van der Waals surface area contributed by atoms with Crippen molar-refractivity contribution in [2.24, 2.45) is 0 Å². The van der Waals surface area contributed by atoms with E-state index in [0.29, 0.717) is 0 Å². The molecule has 0 radical (unpaired) electrons. The van der Waals surface area contributed by atoms with Crippen molar-refractivity contribution >= 4 is 0 Å². The van der Waals surface area contributed by atoms with E-state index in [4.69, 9.17) is 14.2 Å². The van der Waals surface area contributed by atoms with Crippen LogP contribution < -0.4 is 0 Å². The van der Waals surface area contributed by atoms with Crippen molar-refractivity contribution in [3.05, 3.63) is 0 Å². The van der Waals surface area contributed by atoms with Gasteiger partial charge in [0.15, 0.2) is 0 Å². The van der Waals surface area contributed by atoms with Gasteiger partial charge in [-0.05, 0) is 40.5 Å². The lowest BCUT2D eigenvalue weighted by atomic mass is 10.0. The van der Waals surface area contributed by atoms with Gasteiger partial charge in [-0.25, -0.2) is 0 Å². The highest BCUT2D eigenvalue weighted by atomic mass is 16.5. The topological polar surface area (TPSA) is 27.7 Å². The zero-order valence-corrected chi connectivity index (χ0v) is 11.1. The van der Waals surface area contributed by atoms with Gasteiger partial charge in [-0.3, -0.25) is 0 Å². The molecule has 0 aliphatic carbocycles. The zero-order valence-electron chi connectivity index (χ0n) is 11.1. The van der Waals surface area contributed by atoms with Crippen molar-refractivity contribution in [2.45, 2.75) is 51.7 Å². The van der Waals surface area contributed by atoms with Crippen LogP contribution in [-0.2, 0) is 14.2 Å². The van der Waals surface area contributed by atoms with Gasteiger partial charge in [0.1, 0.15) is 0 Å². The average molecular weight is 218 g/mol. The molecule has 0 aromatic heterocycles. The minimum atomic E-state index is -0.111. The van der Waals surface area contributed by atoms with Crippen LogP contribution >= 0.6 is 0 Å². The molecule has 0 spiro atoms. The summed E-state index contributed by atoms with van der Waals surface area (Å²) in [5, 5.41) is 0. The average Bonchev–Trinajstić information content (AvgIpc) is 2.14. The molecule has 0 atom stereocenters. The van der Waals surface area contributed by atoms with E-state index in [2.05, 4.69) is 27.7 Å². The summed E-state index contributed by atoms with van der Waals surface area (Å²) in [6.45, 7) is 9.77. The molecule has 0 saturated heterocycles. The van der Waals surface area contributed by atoms with Crippen molar-refractivity contribution in [2.75, 3.05) is 27.4 Å². The van der Waals surface area contributed by atoms with E-state index in [1.165, 1.54) is 0 Å². The summed E-state index contributed by atoms with van der Waals surface area (Å²) in [7, 11) is 3.44. The van der Waals surface area contributed by atoms with Crippen molar-refractivity contribution in [3.8, 4) is 0 Å². The van der Waals surface area contributed by atoms with Gasteiger partial charge in [-0.1, -0.05) is 0 Å². The molecule has 0 fully saturated rings. The highest BCUT2D eigenvalue weighted by Gasteiger charge is 2.21. The molecule has 0 saturated carbocycles. The van der Waals surface area contributed by atoms with Crippen molar-refractivity contribution in [1.29, 1.82) is 0 Å². The first kappa shape index (κ1) is 14.9. The minimum Gasteiger partial charge on any atom is -0.385 e. The highest BCUT2D eigenvalue weighted by Crippen LogP contribution is 2.18. The maximum Gasteiger partial charge on any atom is 0.0648 e. The van der Waals surface area contributed by atoms with Crippen LogP contribution in [-0.4, -0.2) is 38.6 Å². The molecule has 0 aliphatic rings. The van der Waals surface area contributed by atoms with Gasteiger partial charge in [0.05, 0.1) is 17.8 Å². The maximum absolute atomic E-state index is 5.81. The number of ether oxygens (including phenoxy) is 3. The zero-order chi connectivity index (χ0) is 11.9. The summed E-state index contributed by atoms with van der Waals surface area (Å²) in [5.74, 6) is 0. The smallest absolute Gasteiger partial charge is 0.0648 e. The van der Waals surface area contributed by atoms with Crippen molar-refractivity contribution < 1.29 is 14.2 Å². The first-order valence-electron chi connectivity index (χ1n) is 5.51. The summed E-state index contributed by atoms with van der Waals surface area (Å²) >= 11 is 0. The van der Waals surface area contributed by atoms with Crippen LogP contribution in [0.5, 0.6) is 0 Å². The summed E-state index contributed by atoms with van der Waals surface area (Å²) in [4.78, 5) is 0. The van der Waals surface area contributed by atoms with Gasteiger partial charge in [-0.15, -0.1) is 0 Å². The van der Waals surface area contributed by atoms with Gasteiger partial charge < -0.3 is 14.2 Å². The van der Waals surface area contributed by atoms with Gasteiger partial charge in [0.2, 0.25) is 0 Å². The molecule has 0 amide bonds. The van der Waals surface area contributed by atoms with Crippen LogP contribution in [0.1, 0.15) is 40.5 Å². The fourth-order valence-corrected chi connectivity index (χ4v) is 1.10. The second-order valence-electron chi connectivity index (χ2n) is 5.06. The van der Waals surface area contributed by atoms with Crippen LogP contribution in [0, 0.1) is 0 Å². The molecule has 15 heavy (non-hydrogen) atoms. The lowest BCUT2D eigenvalue weighted by molar-refractivity contribution is -0.0677. The number of methoxy groups -OCH3 is 2. The van der Waals surface area contributed by atoms with Crippen LogP contribution in [0.25, 0.3) is 0 Å². The Kier molecular flexibility index (Phi) is 6.41. The highest BCUT2D eigenvalue weighted by molar-refractivity contribution is 4.71. The van der Waals surface area contributed by atoms with E-state index in [-0.39, 0.29) is 11.2 Å². The van der Waals surface area contributed by atoms with Gasteiger partial charge in [-0.2, -0.15) is 0 Å². The molecule has 3 nitrogen and oxygen atoms in total. The molecule has 0 unspecified atom stereocenters.